The Balaban J connectivity index is 1.85. The highest BCUT2D eigenvalue weighted by atomic mass is 15.1. The van der Waals surface area contributed by atoms with Gasteiger partial charge in [0, 0.05) is 12.5 Å². The van der Waals surface area contributed by atoms with Gasteiger partial charge in [-0.05, 0) is 51.2 Å². The van der Waals surface area contributed by atoms with Gasteiger partial charge in [0.1, 0.15) is 0 Å². The molecule has 2 rings (SSSR count). The molecule has 0 aromatic rings. The van der Waals surface area contributed by atoms with Gasteiger partial charge in [0.05, 0.1) is 5.84 Å². The second kappa shape index (κ2) is 5.38. The first kappa shape index (κ1) is 12.9. The topological polar surface area (TPSA) is 41.6 Å². The molecule has 3 heteroatoms. The Hall–Kier alpha value is -0.570. The molecule has 1 heterocycles. The number of nitrogens with zero attached hydrogens (tertiary/aromatic N) is 2. The lowest BCUT2D eigenvalue weighted by Crippen LogP contribution is -2.38. The summed E-state index contributed by atoms with van der Waals surface area (Å²) < 4.78 is 0. The van der Waals surface area contributed by atoms with E-state index in [0.29, 0.717) is 11.3 Å². The summed E-state index contributed by atoms with van der Waals surface area (Å²) in [7, 11) is 2.20. The van der Waals surface area contributed by atoms with Gasteiger partial charge >= 0.3 is 0 Å². The quantitative estimate of drug-likeness (QED) is 0.604. The van der Waals surface area contributed by atoms with Gasteiger partial charge in [-0.2, -0.15) is 0 Å². The Bertz CT molecular complexity index is 271. The summed E-state index contributed by atoms with van der Waals surface area (Å²) in [6, 6.07) is 0. The maximum Gasteiger partial charge on any atom is 0.0968 e. The predicted molar refractivity (Wildman–Crippen MR) is 73.3 cm³/mol. The Morgan fingerprint density at radius 1 is 1.29 bits per heavy atom. The fraction of sp³-hybridized carbons (Fsp3) is 0.929. The third-order valence-electron chi connectivity index (χ3n) is 4.61. The van der Waals surface area contributed by atoms with Crippen LogP contribution in [0.5, 0.6) is 0 Å². The van der Waals surface area contributed by atoms with Crippen LogP contribution in [0.4, 0.5) is 0 Å². The number of hydrogen-bond donors (Lipinski definition) is 1. The first-order chi connectivity index (χ1) is 8.09. The molecule has 0 radical (unpaired) electrons. The molecular formula is C14H27N3. The first-order valence-electron chi connectivity index (χ1n) is 7.07. The molecule has 0 aromatic heterocycles. The number of likely N-dealkylation sites (tertiary alicyclic amines) is 1. The molecule has 0 unspecified atom stereocenters. The maximum atomic E-state index is 6.12. The van der Waals surface area contributed by atoms with Crippen LogP contribution in [0.25, 0.3) is 0 Å². The SMILES string of the molecule is CN1CCC(C)(CN=C(N)C2CCCC2)CC1. The molecular weight excluding hydrogens is 210 g/mol. The van der Waals surface area contributed by atoms with Crippen molar-refractivity contribution in [3.63, 3.8) is 0 Å². The molecule has 0 bridgehead atoms. The molecule has 1 saturated heterocycles. The molecule has 17 heavy (non-hydrogen) atoms. The van der Waals surface area contributed by atoms with Gasteiger partial charge in [-0.25, -0.2) is 0 Å². The van der Waals surface area contributed by atoms with Crippen LogP contribution in [0.1, 0.15) is 45.4 Å². The van der Waals surface area contributed by atoms with Crippen LogP contribution in [0.2, 0.25) is 0 Å². The number of piperidine rings is 1. The summed E-state index contributed by atoms with van der Waals surface area (Å²) in [6.45, 7) is 5.71. The lowest BCUT2D eigenvalue weighted by Gasteiger charge is -2.36. The van der Waals surface area contributed by atoms with Crippen LogP contribution >= 0.6 is 0 Å². The molecule has 1 aliphatic carbocycles. The van der Waals surface area contributed by atoms with Gasteiger partial charge in [0.15, 0.2) is 0 Å². The molecule has 0 aromatic carbocycles. The number of rotatable bonds is 3. The molecule has 3 nitrogen and oxygen atoms in total. The lowest BCUT2D eigenvalue weighted by atomic mass is 9.80. The van der Waals surface area contributed by atoms with E-state index in [1.54, 1.807) is 0 Å². The van der Waals surface area contributed by atoms with Crippen molar-refractivity contribution in [1.82, 2.24) is 4.90 Å². The van der Waals surface area contributed by atoms with Crippen LogP contribution in [-0.2, 0) is 0 Å². The van der Waals surface area contributed by atoms with Gasteiger partial charge in [-0.1, -0.05) is 19.8 Å². The van der Waals surface area contributed by atoms with Gasteiger partial charge in [0.2, 0.25) is 0 Å². The molecule has 0 spiro atoms. The summed E-state index contributed by atoms with van der Waals surface area (Å²) in [6.07, 6.45) is 7.70. The molecule has 2 fully saturated rings. The van der Waals surface area contributed by atoms with E-state index in [1.165, 1.54) is 51.6 Å². The summed E-state index contributed by atoms with van der Waals surface area (Å²) >= 11 is 0. The second-order valence-electron chi connectivity index (χ2n) is 6.34. The van der Waals surface area contributed by atoms with Crippen molar-refractivity contribution in [2.24, 2.45) is 22.1 Å². The molecule has 1 aliphatic heterocycles. The van der Waals surface area contributed by atoms with Gasteiger partial charge < -0.3 is 10.6 Å². The smallest absolute Gasteiger partial charge is 0.0968 e. The molecule has 2 aliphatic rings. The van der Waals surface area contributed by atoms with Crippen molar-refractivity contribution in [3.8, 4) is 0 Å². The Labute approximate surface area is 105 Å². The summed E-state index contributed by atoms with van der Waals surface area (Å²) in [5.74, 6) is 1.52. The zero-order valence-electron chi connectivity index (χ0n) is 11.4. The van der Waals surface area contributed by atoms with Crippen molar-refractivity contribution >= 4 is 5.84 Å². The van der Waals surface area contributed by atoms with Gasteiger partial charge in [-0.3, -0.25) is 4.99 Å². The maximum absolute atomic E-state index is 6.12. The van der Waals surface area contributed by atoms with Crippen molar-refractivity contribution in [3.05, 3.63) is 0 Å². The van der Waals surface area contributed by atoms with E-state index in [9.17, 15) is 0 Å². The summed E-state index contributed by atoms with van der Waals surface area (Å²) in [4.78, 5) is 7.11. The first-order valence-corrected chi connectivity index (χ1v) is 7.07. The van der Waals surface area contributed by atoms with Crippen molar-refractivity contribution in [1.29, 1.82) is 0 Å². The number of amidine groups is 1. The van der Waals surface area contributed by atoms with E-state index in [-0.39, 0.29) is 0 Å². The van der Waals surface area contributed by atoms with E-state index in [4.69, 9.17) is 10.7 Å². The van der Waals surface area contributed by atoms with Crippen molar-refractivity contribution in [2.75, 3.05) is 26.7 Å². The Morgan fingerprint density at radius 2 is 1.88 bits per heavy atom. The van der Waals surface area contributed by atoms with Gasteiger partial charge in [0.25, 0.3) is 0 Å². The Kier molecular flexibility index (Phi) is 4.08. The second-order valence-corrected chi connectivity index (χ2v) is 6.34. The highest BCUT2D eigenvalue weighted by molar-refractivity contribution is 5.83. The highest BCUT2D eigenvalue weighted by Gasteiger charge is 2.29. The monoisotopic (exact) mass is 237 g/mol. The largest absolute Gasteiger partial charge is 0.387 e. The molecule has 98 valence electrons. The standard InChI is InChI=1S/C14H27N3/c1-14(7-9-17(2)10-8-14)11-16-13(15)12-5-3-4-6-12/h12H,3-11H2,1-2H3,(H2,15,16). The number of nitrogens with two attached hydrogens (primary N) is 1. The number of aliphatic imine (C=N–C) groups is 1. The van der Waals surface area contributed by atoms with E-state index < -0.39 is 0 Å². The minimum Gasteiger partial charge on any atom is -0.387 e. The fourth-order valence-corrected chi connectivity index (χ4v) is 2.95. The lowest BCUT2D eigenvalue weighted by molar-refractivity contribution is 0.147. The van der Waals surface area contributed by atoms with Crippen LogP contribution in [0.3, 0.4) is 0 Å². The predicted octanol–water partition coefficient (Wildman–Crippen LogP) is 2.27. The van der Waals surface area contributed by atoms with Crippen LogP contribution < -0.4 is 5.73 Å². The zero-order valence-corrected chi connectivity index (χ0v) is 11.4. The third kappa shape index (κ3) is 3.44. The van der Waals surface area contributed by atoms with Crippen LogP contribution in [-0.4, -0.2) is 37.4 Å². The number of hydrogen-bond acceptors (Lipinski definition) is 2. The third-order valence-corrected chi connectivity index (χ3v) is 4.61. The van der Waals surface area contributed by atoms with Crippen LogP contribution in [0.15, 0.2) is 4.99 Å². The normalized spacial score (nSPS) is 27.5. The highest BCUT2D eigenvalue weighted by Crippen LogP contribution is 2.31. The molecule has 0 amide bonds. The summed E-state index contributed by atoms with van der Waals surface area (Å²) in [5, 5.41) is 0. The zero-order chi connectivity index (χ0) is 12.3. The Morgan fingerprint density at radius 3 is 2.47 bits per heavy atom. The minimum absolute atomic E-state index is 0.385. The van der Waals surface area contributed by atoms with Gasteiger partial charge in [-0.15, -0.1) is 0 Å². The summed E-state index contributed by atoms with van der Waals surface area (Å²) in [5.41, 5.74) is 6.51. The van der Waals surface area contributed by atoms with Crippen LogP contribution in [0, 0.1) is 11.3 Å². The van der Waals surface area contributed by atoms with E-state index in [1.807, 2.05) is 0 Å². The van der Waals surface area contributed by atoms with Crippen molar-refractivity contribution in [2.45, 2.75) is 45.4 Å². The minimum atomic E-state index is 0.385. The van der Waals surface area contributed by atoms with E-state index in [2.05, 4.69) is 18.9 Å². The average molecular weight is 237 g/mol. The fourth-order valence-electron chi connectivity index (χ4n) is 2.95. The molecule has 0 atom stereocenters. The van der Waals surface area contributed by atoms with E-state index in [0.717, 1.165) is 12.4 Å². The molecule has 1 saturated carbocycles. The average Bonchev–Trinajstić information content (AvgIpc) is 2.84. The van der Waals surface area contributed by atoms with E-state index >= 15 is 0 Å². The molecule has 2 N–H and O–H groups in total. The van der Waals surface area contributed by atoms with Crippen molar-refractivity contribution < 1.29 is 0 Å².